The van der Waals surface area contributed by atoms with Crippen LogP contribution in [0.25, 0.3) is 0 Å². The van der Waals surface area contributed by atoms with Gasteiger partial charge in [-0.2, -0.15) is 0 Å². The van der Waals surface area contributed by atoms with Gasteiger partial charge in [-0.1, -0.05) is 62.2 Å². The van der Waals surface area contributed by atoms with Gasteiger partial charge in [0.25, 0.3) is 11.6 Å². The summed E-state index contributed by atoms with van der Waals surface area (Å²) in [5.74, 6) is -2.98. The number of ether oxygens (including phenoxy) is 1. The van der Waals surface area contributed by atoms with E-state index in [1.165, 1.54) is 30.3 Å². The SMILES string of the molecule is O=C(COc1ccc(Br)cc1[C@@H]1c2sc(=O)[nH]c2S[C@H]2C(=O)N(c3ccc([N+](=O)[O-])cc3)C(=O)[C@@H]12)Nc1ccc(Cl)c(Cl)c1. The number of nitrogens with zero attached hydrogens (tertiary/aromatic N) is 2. The van der Waals surface area contributed by atoms with Crippen molar-refractivity contribution in [3.63, 3.8) is 0 Å². The number of halogens is 3. The number of carbonyl (C=O) groups excluding carboxylic acids is 3. The zero-order valence-corrected chi connectivity index (χ0v) is 26.6. The largest absolute Gasteiger partial charge is 0.483 e. The summed E-state index contributed by atoms with van der Waals surface area (Å²) in [4.78, 5) is 67.5. The predicted octanol–water partition coefficient (Wildman–Crippen LogP) is 6.23. The van der Waals surface area contributed by atoms with Crippen LogP contribution in [0.5, 0.6) is 5.75 Å². The Bertz CT molecular complexity index is 1920. The molecule has 3 amide bonds. The number of nitro benzene ring substituents is 1. The molecule has 0 saturated carbocycles. The van der Waals surface area contributed by atoms with E-state index in [1.54, 1.807) is 30.3 Å². The van der Waals surface area contributed by atoms with Crippen LogP contribution in [0, 0.1) is 16.0 Å². The number of hydrogen-bond acceptors (Lipinski definition) is 9. The molecule has 0 bridgehead atoms. The second-order valence-electron chi connectivity index (χ2n) is 9.68. The number of carbonyl (C=O) groups is 3. The van der Waals surface area contributed by atoms with E-state index < -0.39 is 46.3 Å². The molecular formula is C28H17BrCl2N4O7S2. The molecule has 2 N–H and O–H groups in total. The van der Waals surface area contributed by atoms with E-state index >= 15 is 0 Å². The molecule has 2 aliphatic heterocycles. The maximum absolute atomic E-state index is 14.0. The summed E-state index contributed by atoms with van der Waals surface area (Å²) in [6, 6.07) is 14.8. The third-order valence-corrected chi connectivity index (χ3v) is 10.6. The molecule has 0 radical (unpaired) electrons. The molecule has 1 saturated heterocycles. The maximum Gasteiger partial charge on any atom is 0.305 e. The first-order valence-electron chi connectivity index (χ1n) is 12.7. The number of anilines is 2. The number of non-ortho nitro benzene ring substituents is 1. The van der Waals surface area contributed by atoms with E-state index in [1.807, 2.05) is 0 Å². The topological polar surface area (TPSA) is 152 Å². The molecule has 6 rings (SSSR count). The number of nitro groups is 1. The van der Waals surface area contributed by atoms with Crippen molar-refractivity contribution in [3.05, 3.63) is 105 Å². The highest BCUT2D eigenvalue weighted by Gasteiger charge is 2.57. The lowest BCUT2D eigenvalue weighted by atomic mass is 9.82. The van der Waals surface area contributed by atoms with Crippen molar-refractivity contribution in [2.24, 2.45) is 5.92 Å². The van der Waals surface area contributed by atoms with Crippen molar-refractivity contribution in [1.29, 1.82) is 0 Å². The molecule has 3 heterocycles. The standard InChI is InChI=1S/C28H17BrCl2N4O7S2/c29-12-1-8-19(42-11-20(36)32-13-2-7-17(30)18(31)10-13)16(9-12)21-22-24(43-25-23(21)44-28(39)33-25)27(38)34(26(22)37)14-3-5-15(6-4-14)35(40)41/h1-10,21-22,24H,11H2,(H,32,36)(H,33,39)/t21-,22-,24+/m0/s1. The third-order valence-electron chi connectivity index (χ3n) is 7.01. The summed E-state index contributed by atoms with van der Waals surface area (Å²) >= 11 is 17.5. The van der Waals surface area contributed by atoms with Crippen molar-refractivity contribution in [2.75, 3.05) is 16.8 Å². The minimum absolute atomic E-state index is 0.184. The summed E-state index contributed by atoms with van der Waals surface area (Å²) in [5, 5.41) is 14.0. The number of rotatable bonds is 7. The molecule has 3 atom stereocenters. The van der Waals surface area contributed by atoms with Crippen LogP contribution in [-0.2, 0) is 14.4 Å². The van der Waals surface area contributed by atoms with Gasteiger partial charge in [-0.25, -0.2) is 4.90 Å². The first-order valence-corrected chi connectivity index (χ1v) is 16.0. The van der Waals surface area contributed by atoms with E-state index in [2.05, 4.69) is 26.2 Å². The van der Waals surface area contributed by atoms with E-state index in [0.29, 0.717) is 30.6 Å². The van der Waals surface area contributed by atoms with Crippen LogP contribution >= 0.6 is 62.2 Å². The molecule has 224 valence electrons. The first-order chi connectivity index (χ1) is 21.0. The highest BCUT2D eigenvalue weighted by molar-refractivity contribution is 9.10. The van der Waals surface area contributed by atoms with Crippen LogP contribution in [0.2, 0.25) is 10.0 Å². The number of fused-ring (bicyclic) bond motifs is 2. The summed E-state index contributed by atoms with van der Waals surface area (Å²) in [6.07, 6.45) is 0. The van der Waals surface area contributed by atoms with Crippen molar-refractivity contribution < 1.29 is 24.0 Å². The van der Waals surface area contributed by atoms with E-state index in [0.717, 1.165) is 28.0 Å². The van der Waals surface area contributed by atoms with Gasteiger partial charge in [0.2, 0.25) is 11.8 Å². The van der Waals surface area contributed by atoms with Gasteiger partial charge < -0.3 is 15.0 Å². The second-order valence-corrected chi connectivity index (χ2v) is 13.6. The summed E-state index contributed by atoms with van der Waals surface area (Å²) in [6.45, 7) is -0.400. The van der Waals surface area contributed by atoms with Crippen molar-refractivity contribution in [2.45, 2.75) is 16.2 Å². The Morgan fingerprint density at radius 2 is 1.80 bits per heavy atom. The molecule has 1 fully saturated rings. The molecule has 0 unspecified atom stereocenters. The Morgan fingerprint density at radius 1 is 1.05 bits per heavy atom. The fourth-order valence-corrected chi connectivity index (χ4v) is 8.32. The predicted molar refractivity (Wildman–Crippen MR) is 170 cm³/mol. The van der Waals surface area contributed by atoms with Crippen LogP contribution in [0.4, 0.5) is 17.1 Å². The summed E-state index contributed by atoms with van der Waals surface area (Å²) in [5.41, 5.74) is 0.914. The van der Waals surface area contributed by atoms with E-state index in [-0.39, 0.29) is 27.0 Å². The molecule has 2 aliphatic rings. The van der Waals surface area contributed by atoms with Crippen molar-refractivity contribution in [1.82, 2.24) is 4.98 Å². The number of hydrogen-bond donors (Lipinski definition) is 2. The average Bonchev–Trinajstić information content (AvgIpc) is 3.48. The number of amides is 3. The number of H-pyrrole nitrogens is 1. The molecule has 1 aromatic heterocycles. The lowest BCUT2D eigenvalue weighted by Crippen LogP contribution is -2.32. The summed E-state index contributed by atoms with van der Waals surface area (Å²) in [7, 11) is 0. The number of aromatic amines is 1. The normalized spacial score (nSPS) is 19.0. The van der Waals surface area contributed by atoms with Crippen LogP contribution in [0.15, 0.2) is 75.0 Å². The molecule has 0 aliphatic carbocycles. The fourth-order valence-electron chi connectivity index (χ4n) is 5.14. The van der Waals surface area contributed by atoms with Crippen LogP contribution in [0.3, 0.4) is 0 Å². The smallest absolute Gasteiger partial charge is 0.305 e. The number of aromatic nitrogens is 1. The first kappa shape index (κ1) is 30.3. The number of nitrogens with one attached hydrogen (secondary N) is 2. The molecular weight excluding hydrogens is 719 g/mol. The fraction of sp³-hybridized carbons (Fsp3) is 0.143. The number of thioether (sulfide) groups is 1. The lowest BCUT2D eigenvalue weighted by molar-refractivity contribution is -0.384. The minimum Gasteiger partial charge on any atom is -0.483 e. The monoisotopic (exact) mass is 734 g/mol. The van der Waals surface area contributed by atoms with Crippen LogP contribution in [-0.4, -0.2) is 39.5 Å². The Hall–Kier alpha value is -3.69. The number of benzene rings is 3. The highest BCUT2D eigenvalue weighted by Crippen LogP contribution is 2.54. The number of imide groups is 1. The summed E-state index contributed by atoms with van der Waals surface area (Å²) < 4.78 is 6.60. The van der Waals surface area contributed by atoms with E-state index in [4.69, 9.17) is 27.9 Å². The Labute approximate surface area is 274 Å². The molecule has 0 spiro atoms. The third kappa shape index (κ3) is 5.63. The molecule has 44 heavy (non-hydrogen) atoms. The quantitative estimate of drug-likeness (QED) is 0.129. The van der Waals surface area contributed by atoms with Gasteiger partial charge in [-0.15, -0.1) is 0 Å². The Morgan fingerprint density at radius 3 is 2.50 bits per heavy atom. The van der Waals surface area contributed by atoms with Gasteiger partial charge in [0, 0.05) is 38.7 Å². The lowest BCUT2D eigenvalue weighted by Gasteiger charge is -2.31. The van der Waals surface area contributed by atoms with Gasteiger partial charge in [0.05, 0.1) is 31.6 Å². The number of thiazole rings is 1. The average molecular weight is 736 g/mol. The van der Waals surface area contributed by atoms with Crippen molar-refractivity contribution in [3.8, 4) is 5.75 Å². The van der Waals surface area contributed by atoms with Gasteiger partial charge in [0.15, 0.2) is 6.61 Å². The van der Waals surface area contributed by atoms with E-state index in [9.17, 15) is 29.3 Å². The van der Waals surface area contributed by atoms with Gasteiger partial charge in [-0.3, -0.25) is 29.3 Å². The van der Waals surface area contributed by atoms with Gasteiger partial charge >= 0.3 is 4.87 Å². The van der Waals surface area contributed by atoms with Crippen LogP contribution in [0.1, 0.15) is 16.4 Å². The zero-order valence-electron chi connectivity index (χ0n) is 21.9. The van der Waals surface area contributed by atoms with Gasteiger partial charge in [0.1, 0.15) is 11.0 Å². The molecule has 16 heteroatoms. The Kier molecular flexibility index (Phi) is 8.28. The molecule has 3 aromatic carbocycles. The second kappa shape index (κ2) is 12.0. The van der Waals surface area contributed by atoms with Crippen LogP contribution < -0.4 is 19.8 Å². The highest BCUT2D eigenvalue weighted by atomic mass is 79.9. The zero-order chi connectivity index (χ0) is 31.3. The maximum atomic E-state index is 14.0. The molecule has 11 nitrogen and oxygen atoms in total. The minimum atomic E-state index is -0.941. The van der Waals surface area contributed by atoms with Gasteiger partial charge in [-0.05, 0) is 48.5 Å². The molecule has 4 aromatic rings. The van der Waals surface area contributed by atoms with Crippen molar-refractivity contribution >= 4 is 97.0 Å². The Balaban J connectivity index is 1.34.